The summed E-state index contributed by atoms with van der Waals surface area (Å²) in [5.74, 6) is 0.451. The maximum absolute atomic E-state index is 9.07. The summed E-state index contributed by atoms with van der Waals surface area (Å²) in [6.45, 7) is 4.39. The Hall–Kier alpha value is -0.160. The molecule has 0 amide bonds. The second kappa shape index (κ2) is 6.08. The lowest BCUT2D eigenvalue weighted by molar-refractivity contribution is -0.163. The van der Waals surface area contributed by atoms with E-state index in [1.807, 2.05) is 0 Å². The van der Waals surface area contributed by atoms with Gasteiger partial charge in [-0.1, -0.05) is 0 Å². The first-order valence-electron chi connectivity index (χ1n) is 7.95. The Labute approximate surface area is 116 Å². The highest BCUT2D eigenvalue weighted by atomic mass is 16.7. The van der Waals surface area contributed by atoms with E-state index in [1.165, 1.54) is 32.2 Å². The molecule has 2 saturated heterocycles. The molecule has 0 radical (unpaired) electrons. The van der Waals surface area contributed by atoms with Gasteiger partial charge in [-0.2, -0.15) is 0 Å². The molecule has 1 aliphatic carbocycles. The van der Waals surface area contributed by atoms with Crippen LogP contribution in [-0.4, -0.2) is 54.7 Å². The van der Waals surface area contributed by atoms with Crippen LogP contribution in [0.5, 0.6) is 0 Å². The van der Waals surface area contributed by atoms with E-state index in [9.17, 15) is 0 Å². The van der Waals surface area contributed by atoms with Gasteiger partial charge in [0, 0.05) is 32.5 Å². The fourth-order valence-corrected chi connectivity index (χ4v) is 3.91. The van der Waals surface area contributed by atoms with E-state index in [0.29, 0.717) is 12.5 Å². The number of nitrogens with zero attached hydrogens (tertiary/aromatic N) is 1. The van der Waals surface area contributed by atoms with Crippen molar-refractivity contribution < 1.29 is 14.6 Å². The first-order chi connectivity index (χ1) is 9.30. The van der Waals surface area contributed by atoms with Crippen LogP contribution in [0, 0.1) is 5.92 Å². The van der Waals surface area contributed by atoms with Crippen LogP contribution >= 0.6 is 0 Å². The SMILES string of the molecule is OCCC1CCCN(CC2COC3(CCCC3)O2)C1. The average molecular weight is 269 g/mol. The van der Waals surface area contributed by atoms with E-state index in [-0.39, 0.29) is 11.9 Å². The first kappa shape index (κ1) is 13.8. The number of aliphatic hydroxyl groups excluding tert-OH is 1. The molecule has 3 aliphatic rings. The minimum Gasteiger partial charge on any atom is -0.396 e. The Bertz CT molecular complexity index is 289. The summed E-state index contributed by atoms with van der Waals surface area (Å²) >= 11 is 0. The van der Waals surface area contributed by atoms with E-state index >= 15 is 0 Å². The van der Waals surface area contributed by atoms with Gasteiger partial charge < -0.3 is 19.5 Å². The minimum atomic E-state index is -0.217. The number of aliphatic hydroxyl groups is 1. The topological polar surface area (TPSA) is 41.9 Å². The molecule has 0 aromatic rings. The minimum absolute atomic E-state index is 0.217. The highest BCUT2D eigenvalue weighted by Crippen LogP contribution is 2.39. The molecule has 0 bridgehead atoms. The van der Waals surface area contributed by atoms with Gasteiger partial charge in [-0.05, 0) is 44.6 Å². The van der Waals surface area contributed by atoms with Gasteiger partial charge in [0.2, 0.25) is 0 Å². The van der Waals surface area contributed by atoms with Gasteiger partial charge >= 0.3 is 0 Å². The van der Waals surface area contributed by atoms with E-state index in [1.54, 1.807) is 0 Å². The maximum Gasteiger partial charge on any atom is 0.168 e. The Morgan fingerprint density at radius 3 is 2.84 bits per heavy atom. The molecule has 0 aromatic heterocycles. The molecule has 2 heterocycles. The lowest BCUT2D eigenvalue weighted by Crippen LogP contribution is -2.41. The van der Waals surface area contributed by atoms with Gasteiger partial charge in [-0.3, -0.25) is 0 Å². The van der Waals surface area contributed by atoms with Gasteiger partial charge in [0.1, 0.15) is 0 Å². The second-order valence-electron chi connectivity index (χ2n) is 6.45. The molecule has 4 heteroatoms. The number of rotatable bonds is 4. The normalized spacial score (nSPS) is 35.2. The first-order valence-corrected chi connectivity index (χ1v) is 7.95. The Kier molecular flexibility index (Phi) is 4.42. The summed E-state index contributed by atoms with van der Waals surface area (Å²) in [6.07, 6.45) is 8.37. The van der Waals surface area contributed by atoms with Crippen LogP contribution in [0.3, 0.4) is 0 Å². The van der Waals surface area contributed by atoms with E-state index in [4.69, 9.17) is 14.6 Å². The molecule has 2 atom stereocenters. The molecule has 110 valence electrons. The van der Waals surface area contributed by atoms with Crippen LogP contribution in [-0.2, 0) is 9.47 Å². The molecule has 4 nitrogen and oxygen atoms in total. The molecule has 19 heavy (non-hydrogen) atoms. The third kappa shape index (κ3) is 3.30. The number of hydrogen-bond donors (Lipinski definition) is 1. The standard InChI is InChI=1S/C15H27NO3/c17-9-5-13-4-3-8-16(10-13)11-14-12-18-15(19-14)6-1-2-7-15/h13-14,17H,1-12H2. The van der Waals surface area contributed by atoms with Gasteiger partial charge in [0.25, 0.3) is 0 Å². The van der Waals surface area contributed by atoms with Crippen molar-refractivity contribution in [3.63, 3.8) is 0 Å². The summed E-state index contributed by atoms with van der Waals surface area (Å²) in [4.78, 5) is 2.51. The molecule has 1 saturated carbocycles. The van der Waals surface area contributed by atoms with Crippen molar-refractivity contribution in [1.82, 2.24) is 4.90 Å². The highest BCUT2D eigenvalue weighted by molar-refractivity contribution is 4.86. The lowest BCUT2D eigenvalue weighted by atomic mass is 9.95. The van der Waals surface area contributed by atoms with Gasteiger partial charge in [0.15, 0.2) is 5.79 Å². The fourth-order valence-electron chi connectivity index (χ4n) is 3.91. The molecule has 1 N–H and O–H groups in total. The zero-order chi connectivity index (χ0) is 13.1. The predicted molar refractivity (Wildman–Crippen MR) is 72.9 cm³/mol. The molecule has 1 spiro atoms. The Morgan fingerprint density at radius 1 is 1.21 bits per heavy atom. The molecule has 2 aliphatic heterocycles. The fraction of sp³-hybridized carbons (Fsp3) is 1.00. The molecular formula is C15H27NO3. The van der Waals surface area contributed by atoms with Gasteiger partial charge in [-0.25, -0.2) is 0 Å². The summed E-state index contributed by atoms with van der Waals surface area (Å²) in [6, 6.07) is 0. The largest absolute Gasteiger partial charge is 0.396 e. The van der Waals surface area contributed by atoms with Crippen molar-refractivity contribution >= 4 is 0 Å². The number of piperidine rings is 1. The van der Waals surface area contributed by atoms with Crippen molar-refractivity contribution in [2.75, 3.05) is 32.8 Å². The third-order valence-corrected chi connectivity index (χ3v) is 4.88. The smallest absolute Gasteiger partial charge is 0.168 e. The molecule has 3 rings (SSSR count). The molecule has 3 fully saturated rings. The Balaban J connectivity index is 1.46. The highest BCUT2D eigenvalue weighted by Gasteiger charge is 2.44. The van der Waals surface area contributed by atoms with Crippen LogP contribution < -0.4 is 0 Å². The van der Waals surface area contributed by atoms with Crippen LogP contribution in [0.1, 0.15) is 44.9 Å². The summed E-state index contributed by atoms with van der Waals surface area (Å²) in [7, 11) is 0. The summed E-state index contributed by atoms with van der Waals surface area (Å²) in [5.41, 5.74) is 0. The summed E-state index contributed by atoms with van der Waals surface area (Å²) < 4.78 is 12.1. The van der Waals surface area contributed by atoms with Crippen LogP contribution in [0.4, 0.5) is 0 Å². The third-order valence-electron chi connectivity index (χ3n) is 4.88. The summed E-state index contributed by atoms with van der Waals surface area (Å²) in [5, 5.41) is 9.07. The quantitative estimate of drug-likeness (QED) is 0.844. The predicted octanol–water partition coefficient (Wildman–Crippen LogP) is 1.77. The van der Waals surface area contributed by atoms with Gasteiger partial charge in [-0.15, -0.1) is 0 Å². The van der Waals surface area contributed by atoms with E-state index in [2.05, 4.69) is 4.90 Å². The van der Waals surface area contributed by atoms with Gasteiger partial charge in [0.05, 0.1) is 12.7 Å². The van der Waals surface area contributed by atoms with Crippen molar-refractivity contribution in [2.45, 2.75) is 56.8 Å². The number of ether oxygens (including phenoxy) is 2. The van der Waals surface area contributed by atoms with Crippen molar-refractivity contribution in [1.29, 1.82) is 0 Å². The lowest BCUT2D eigenvalue weighted by Gasteiger charge is -2.34. The zero-order valence-corrected chi connectivity index (χ0v) is 11.9. The van der Waals surface area contributed by atoms with Crippen molar-refractivity contribution in [2.24, 2.45) is 5.92 Å². The Morgan fingerprint density at radius 2 is 2.05 bits per heavy atom. The van der Waals surface area contributed by atoms with Crippen LogP contribution in [0.15, 0.2) is 0 Å². The van der Waals surface area contributed by atoms with Crippen molar-refractivity contribution in [3.8, 4) is 0 Å². The maximum atomic E-state index is 9.07. The van der Waals surface area contributed by atoms with E-state index < -0.39 is 0 Å². The molecule has 2 unspecified atom stereocenters. The second-order valence-corrected chi connectivity index (χ2v) is 6.45. The average Bonchev–Trinajstić information content (AvgIpc) is 3.02. The zero-order valence-electron chi connectivity index (χ0n) is 11.9. The monoisotopic (exact) mass is 269 g/mol. The number of likely N-dealkylation sites (tertiary alicyclic amines) is 1. The van der Waals surface area contributed by atoms with Crippen LogP contribution in [0.25, 0.3) is 0 Å². The number of hydrogen-bond acceptors (Lipinski definition) is 4. The molecular weight excluding hydrogens is 242 g/mol. The van der Waals surface area contributed by atoms with E-state index in [0.717, 1.165) is 39.0 Å². The van der Waals surface area contributed by atoms with Crippen molar-refractivity contribution in [3.05, 3.63) is 0 Å². The van der Waals surface area contributed by atoms with Crippen LogP contribution in [0.2, 0.25) is 0 Å². The molecule has 0 aromatic carbocycles.